The molecule has 6 nitrogen and oxygen atoms in total. The molecular formula is C7H14N4O2S. The number of nitrogens with zero attached hydrogens (tertiary/aromatic N) is 1. The molecule has 0 bridgehead atoms. The van der Waals surface area contributed by atoms with Crippen LogP contribution in [0.2, 0.25) is 0 Å². The molecule has 5 N–H and O–H groups in total. The Bertz CT molecular complexity index is 224. The minimum Gasteiger partial charge on any atom is -0.370 e. The number of nitrogens with two attached hydrogens (primary N) is 2. The van der Waals surface area contributed by atoms with E-state index >= 15 is 0 Å². The van der Waals surface area contributed by atoms with E-state index in [9.17, 15) is 0 Å². The number of aliphatic imine (C=N–C) groups is 1. The third-order valence-electron chi connectivity index (χ3n) is 1.61. The molecule has 0 amide bonds. The van der Waals surface area contributed by atoms with Crippen molar-refractivity contribution in [3.05, 3.63) is 0 Å². The quantitative estimate of drug-likeness (QED) is 0.435. The number of rotatable bonds is 2. The van der Waals surface area contributed by atoms with Gasteiger partial charge in [-0.05, 0) is 6.42 Å². The summed E-state index contributed by atoms with van der Waals surface area (Å²) in [6.07, 6.45) is 0.977. The standard InChI is InChI=1S/C7H14N4O2S/c8-6(9)11-7(10)14-3-5-1-2-12-4-13-5/h5H,1-4H2,(H5,8,9,10,11). The lowest BCUT2D eigenvalue weighted by molar-refractivity contribution is -0.130. The van der Waals surface area contributed by atoms with Crippen molar-refractivity contribution in [2.75, 3.05) is 19.2 Å². The van der Waals surface area contributed by atoms with Crippen LogP contribution in [-0.4, -0.2) is 36.4 Å². The number of ether oxygens (including phenoxy) is 2. The van der Waals surface area contributed by atoms with E-state index in [2.05, 4.69) is 4.99 Å². The lowest BCUT2D eigenvalue weighted by Gasteiger charge is -2.21. The lowest BCUT2D eigenvalue weighted by atomic mass is 10.3. The van der Waals surface area contributed by atoms with Gasteiger partial charge in [0, 0.05) is 5.75 Å². The average molecular weight is 218 g/mol. The number of hydrogen-bond acceptors (Lipinski definition) is 4. The summed E-state index contributed by atoms with van der Waals surface area (Å²) in [7, 11) is 0. The predicted molar refractivity (Wildman–Crippen MR) is 56.3 cm³/mol. The van der Waals surface area contributed by atoms with E-state index in [0.717, 1.165) is 6.42 Å². The Morgan fingerprint density at radius 2 is 2.36 bits per heavy atom. The SMILES string of the molecule is N=C(N=C(N)N)SCC1CCOCO1. The smallest absolute Gasteiger partial charge is 0.193 e. The monoisotopic (exact) mass is 218 g/mol. The third-order valence-corrected chi connectivity index (χ3v) is 2.51. The fourth-order valence-electron chi connectivity index (χ4n) is 0.954. The second-order valence-electron chi connectivity index (χ2n) is 2.76. The van der Waals surface area contributed by atoms with Gasteiger partial charge in [0.2, 0.25) is 0 Å². The summed E-state index contributed by atoms with van der Waals surface area (Å²) in [6.45, 7) is 1.04. The molecule has 0 aliphatic carbocycles. The molecule has 1 aliphatic heterocycles. The average Bonchev–Trinajstić information content (AvgIpc) is 2.15. The highest BCUT2D eigenvalue weighted by atomic mass is 32.2. The Hall–Kier alpha value is -0.790. The third kappa shape index (κ3) is 4.45. The molecule has 14 heavy (non-hydrogen) atoms. The summed E-state index contributed by atoms with van der Waals surface area (Å²) < 4.78 is 10.3. The normalized spacial score (nSPS) is 21.6. The summed E-state index contributed by atoms with van der Waals surface area (Å²) in [5, 5.41) is 7.48. The van der Waals surface area contributed by atoms with Crippen molar-refractivity contribution >= 4 is 22.9 Å². The van der Waals surface area contributed by atoms with E-state index in [4.69, 9.17) is 26.4 Å². The van der Waals surface area contributed by atoms with Gasteiger partial charge in [-0.2, -0.15) is 4.99 Å². The van der Waals surface area contributed by atoms with Crippen molar-refractivity contribution in [3.8, 4) is 0 Å². The summed E-state index contributed by atoms with van der Waals surface area (Å²) in [6, 6.07) is 0. The van der Waals surface area contributed by atoms with Gasteiger partial charge in [0.15, 0.2) is 11.1 Å². The van der Waals surface area contributed by atoms with Crippen molar-refractivity contribution in [1.82, 2.24) is 0 Å². The highest BCUT2D eigenvalue weighted by Gasteiger charge is 2.14. The minimum atomic E-state index is -0.0876. The molecule has 1 heterocycles. The topological polar surface area (TPSA) is 107 Å². The van der Waals surface area contributed by atoms with Crippen LogP contribution in [0.15, 0.2) is 4.99 Å². The molecule has 0 spiro atoms. The zero-order valence-electron chi connectivity index (χ0n) is 7.73. The zero-order chi connectivity index (χ0) is 10.4. The molecule has 80 valence electrons. The fourth-order valence-corrected chi connectivity index (χ4v) is 1.73. The van der Waals surface area contributed by atoms with Crippen molar-refractivity contribution < 1.29 is 9.47 Å². The molecule has 0 aromatic heterocycles. The molecule has 0 aromatic carbocycles. The molecular weight excluding hydrogens is 204 g/mol. The van der Waals surface area contributed by atoms with Gasteiger partial charge in [-0.3, -0.25) is 5.41 Å². The van der Waals surface area contributed by atoms with Crippen LogP contribution in [0, 0.1) is 5.41 Å². The minimum absolute atomic E-state index is 0.0876. The maximum atomic E-state index is 7.37. The Morgan fingerprint density at radius 3 is 2.93 bits per heavy atom. The van der Waals surface area contributed by atoms with Gasteiger partial charge in [-0.1, -0.05) is 11.8 Å². The molecule has 1 aliphatic rings. The number of nitrogens with one attached hydrogen (secondary N) is 1. The highest BCUT2D eigenvalue weighted by Crippen LogP contribution is 2.13. The van der Waals surface area contributed by atoms with Gasteiger partial charge < -0.3 is 20.9 Å². The fraction of sp³-hybridized carbons (Fsp3) is 0.714. The number of amidine groups is 1. The van der Waals surface area contributed by atoms with E-state index in [1.165, 1.54) is 11.8 Å². The van der Waals surface area contributed by atoms with Crippen LogP contribution in [-0.2, 0) is 9.47 Å². The van der Waals surface area contributed by atoms with Gasteiger partial charge in [0.25, 0.3) is 0 Å². The first-order chi connectivity index (χ1) is 6.68. The second-order valence-corrected chi connectivity index (χ2v) is 3.76. The van der Waals surface area contributed by atoms with E-state index in [1.54, 1.807) is 0 Å². The van der Waals surface area contributed by atoms with E-state index < -0.39 is 0 Å². The maximum absolute atomic E-state index is 7.37. The molecule has 1 fully saturated rings. The molecule has 1 atom stereocenters. The van der Waals surface area contributed by atoms with Crippen LogP contribution in [0.3, 0.4) is 0 Å². The van der Waals surface area contributed by atoms with Crippen LogP contribution in [0.25, 0.3) is 0 Å². The molecule has 0 radical (unpaired) electrons. The largest absolute Gasteiger partial charge is 0.370 e. The molecule has 1 unspecified atom stereocenters. The number of guanidine groups is 1. The molecule has 7 heteroatoms. The zero-order valence-corrected chi connectivity index (χ0v) is 8.55. The van der Waals surface area contributed by atoms with Crippen molar-refractivity contribution in [2.45, 2.75) is 12.5 Å². The summed E-state index contributed by atoms with van der Waals surface area (Å²) >= 11 is 1.27. The van der Waals surface area contributed by atoms with E-state index in [1.807, 2.05) is 0 Å². The van der Waals surface area contributed by atoms with Crippen LogP contribution in [0.5, 0.6) is 0 Å². The van der Waals surface area contributed by atoms with Crippen LogP contribution in [0.4, 0.5) is 0 Å². The van der Waals surface area contributed by atoms with Gasteiger partial charge in [0.1, 0.15) is 6.79 Å². The van der Waals surface area contributed by atoms with Gasteiger partial charge in [-0.25, -0.2) is 0 Å². The summed E-state index contributed by atoms with van der Waals surface area (Å²) in [4.78, 5) is 3.59. The first-order valence-corrected chi connectivity index (χ1v) is 5.17. The van der Waals surface area contributed by atoms with Crippen molar-refractivity contribution in [2.24, 2.45) is 16.5 Å². The molecule has 0 saturated carbocycles. The molecule has 0 aromatic rings. The van der Waals surface area contributed by atoms with Crippen LogP contribution < -0.4 is 11.5 Å². The summed E-state index contributed by atoms with van der Waals surface area (Å²) in [5.74, 6) is 0.592. The van der Waals surface area contributed by atoms with Gasteiger partial charge >= 0.3 is 0 Å². The number of hydrogen-bond donors (Lipinski definition) is 3. The van der Waals surface area contributed by atoms with Crippen LogP contribution in [0.1, 0.15) is 6.42 Å². The number of thioether (sulfide) groups is 1. The van der Waals surface area contributed by atoms with Crippen molar-refractivity contribution in [1.29, 1.82) is 5.41 Å². The Kier molecular flexibility index (Phi) is 4.71. The van der Waals surface area contributed by atoms with Crippen molar-refractivity contribution in [3.63, 3.8) is 0 Å². The van der Waals surface area contributed by atoms with Crippen LogP contribution >= 0.6 is 11.8 Å². The maximum Gasteiger partial charge on any atom is 0.193 e. The first-order valence-electron chi connectivity index (χ1n) is 4.19. The van der Waals surface area contributed by atoms with Gasteiger partial charge in [0.05, 0.1) is 12.7 Å². The van der Waals surface area contributed by atoms with E-state index in [0.29, 0.717) is 19.2 Å². The lowest BCUT2D eigenvalue weighted by Crippen LogP contribution is -2.26. The highest BCUT2D eigenvalue weighted by molar-refractivity contribution is 8.13. The first kappa shape index (κ1) is 11.3. The second kappa shape index (κ2) is 5.84. The van der Waals surface area contributed by atoms with Gasteiger partial charge in [-0.15, -0.1) is 0 Å². The van der Waals surface area contributed by atoms with E-state index in [-0.39, 0.29) is 17.2 Å². The molecule has 1 saturated heterocycles. The predicted octanol–water partition coefficient (Wildman–Crippen LogP) is -0.309. The Balaban J connectivity index is 2.19. The Morgan fingerprint density at radius 1 is 1.57 bits per heavy atom. The molecule has 1 rings (SSSR count). The Labute approximate surface area is 86.5 Å². The summed E-state index contributed by atoms with van der Waals surface area (Å²) in [5.41, 5.74) is 10.2.